The summed E-state index contributed by atoms with van der Waals surface area (Å²) in [6, 6.07) is 3.82. The molecule has 0 amide bonds. The first-order valence-corrected chi connectivity index (χ1v) is 5.52. The van der Waals surface area contributed by atoms with Crippen molar-refractivity contribution >= 4 is 11.6 Å². The molecule has 0 unspecified atom stereocenters. The number of hydrogen-bond donors (Lipinski definition) is 1. The molecule has 2 aromatic rings. The molecule has 16 heavy (non-hydrogen) atoms. The first-order valence-electron chi connectivity index (χ1n) is 5.14. The first-order chi connectivity index (χ1) is 7.72. The van der Waals surface area contributed by atoms with Gasteiger partial charge in [0.05, 0.1) is 18.5 Å². The molecule has 5 heteroatoms. The Bertz CT molecular complexity index is 462. The highest BCUT2D eigenvalue weighted by atomic mass is 35.5. The van der Waals surface area contributed by atoms with Crippen LogP contribution in [0.1, 0.15) is 17.3 Å². The van der Waals surface area contributed by atoms with Gasteiger partial charge in [0.25, 0.3) is 0 Å². The maximum absolute atomic E-state index is 6.15. The fraction of sp³-hybridized carbons (Fsp3) is 0.364. The zero-order valence-corrected chi connectivity index (χ0v) is 9.87. The molecule has 86 valence electrons. The molecular weight excluding hydrogens is 226 g/mol. The Hall–Kier alpha value is -1.26. The predicted molar refractivity (Wildman–Crippen MR) is 62.2 cm³/mol. The molecular formula is C11H14ClN3O. The van der Waals surface area contributed by atoms with Gasteiger partial charge in [0.1, 0.15) is 16.7 Å². The summed E-state index contributed by atoms with van der Waals surface area (Å²) in [6.07, 6.45) is 3.23. The molecule has 0 aliphatic heterocycles. The molecule has 0 aliphatic rings. The lowest BCUT2D eigenvalue weighted by Crippen LogP contribution is -2.04. The number of halogens is 1. The fourth-order valence-corrected chi connectivity index (χ4v) is 1.86. The van der Waals surface area contributed by atoms with Gasteiger partial charge in [0.15, 0.2) is 0 Å². The zero-order chi connectivity index (χ0) is 11.5. The van der Waals surface area contributed by atoms with Crippen molar-refractivity contribution in [1.29, 1.82) is 0 Å². The Morgan fingerprint density at radius 2 is 2.31 bits per heavy atom. The van der Waals surface area contributed by atoms with Crippen LogP contribution in [0, 0.1) is 0 Å². The Morgan fingerprint density at radius 1 is 1.50 bits per heavy atom. The Morgan fingerprint density at radius 3 is 2.88 bits per heavy atom. The molecule has 0 aromatic carbocycles. The van der Waals surface area contributed by atoms with Crippen molar-refractivity contribution < 1.29 is 4.42 Å². The molecule has 0 saturated heterocycles. The van der Waals surface area contributed by atoms with Gasteiger partial charge in [-0.05, 0) is 18.6 Å². The molecule has 0 spiro atoms. The summed E-state index contributed by atoms with van der Waals surface area (Å²) in [6.45, 7) is 0.400. The minimum atomic E-state index is 0.400. The number of rotatable bonds is 4. The number of furan rings is 1. The van der Waals surface area contributed by atoms with E-state index in [0.717, 1.165) is 30.1 Å². The van der Waals surface area contributed by atoms with Gasteiger partial charge in [-0.1, -0.05) is 11.6 Å². The Balaban J connectivity index is 2.10. The van der Waals surface area contributed by atoms with Gasteiger partial charge < -0.3 is 14.7 Å². The highest BCUT2D eigenvalue weighted by Gasteiger charge is 2.11. The number of nitrogens with two attached hydrogens (primary N) is 1. The van der Waals surface area contributed by atoms with Crippen LogP contribution in [-0.4, -0.2) is 9.55 Å². The molecule has 0 aliphatic carbocycles. The summed E-state index contributed by atoms with van der Waals surface area (Å²) in [5.41, 5.74) is 6.44. The van der Waals surface area contributed by atoms with Gasteiger partial charge in [0.2, 0.25) is 0 Å². The summed E-state index contributed by atoms with van der Waals surface area (Å²) in [5, 5.41) is 0.659. The number of aromatic nitrogens is 2. The Labute approximate surface area is 99.0 Å². The van der Waals surface area contributed by atoms with Gasteiger partial charge in [-0.3, -0.25) is 0 Å². The molecule has 0 bridgehead atoms. The maximum Gasteiger partial charge on any atom is 0.131 e. The van der Waals surface area contributed by atoms with Gasteiger partial charge in [-0.25, -0.2) is 4.98 Å². The summed E-state index contributed by atoms with van der Waals surface area (Å²) in [7, 11) is 1.87. The van der Waals surface area contributed by atoms with Crippen LogP contribution in [0.15, 0.2) is 22.8 Å². The van der Waals surface area contributed by atoms with E-state index < -0.39 is 0 Å². The van der Waals surface area contributed by atoms with E-state index in [4.69, 9.17) is 21.8 Å². The number of imidazole rings is 1. The molecule has 0 saturated carbocycles. The van der Waals surface area contributed by atoms with Crippen molar-refractivity contribution in [2.45, 2.75) is 19.4 Å². The van der Waals surface area contributed by atoms with E-state index in [2.05, 4.69) is 4.98 Å². The molecule has 0 atom stereocenters. The van der Waals surface area contributed by atoms with Crippen molar-refractivity contribution in [3.63, 3.8) is 0 Å². The topological polar surface area (TPSA) is 57.0 Å². The smallest absolute Gasteiger partial charge is 0.131 e. The normalized spacial score (nSPS) is 10.9. The van der Waals surface area contributed by atoms with Crippen LogP contribution < -0.4 is 5.73 Å². The lowest BCUT2D eigenvalue weighted by molar-refractivity contribution is 0.507. The molecule has 0 fully saturated rings. The summed E-state index contributed by atoms with van der Waals surface area (Å²) >= 11 is 6.15. The largest absolute Gasteiger partial charge is 0.469 e. The van der Waals surface area contributed by atoms with Crippen LogP contribution in [-0.2, 0) is 26.4 Å². The standard InChI is InChI=1S/C11H14ClN3O/c1-15-10(7-13)14-9(11(15)12)5-4-8-3-2-6-16-8/h2-3,6H,4-5,7,13H2,1H3. The molecule has 2 aromatic heterocycles. The number of hydrogen-bond acceptors (Lipinski definition) is 3. The van der Waals surface area contributed by atoms with Crippen molar-refractivity contribution in [2.24, 2.45) is 12.8 Å². The SMILES string of the molecule is Cn1c(CN)nc(CCc2ccco2)c1Cl. The van der Waals surface area contributed by atoms with Crippen LogP contribution in [0.5, 0.6) is 0 Å². The maximum atomic E-state index is 6.15. The van der Waals surface area contributed by atoms with E-state index >= 15 is 0 Å². The highest BCUT2D eigenvalue weighted by molar-refractivity contribution is 6.30. The molecule has 2 rings (SSSR count). The van der Waals surface area contributed by atoms with Crippen molar-refractivity contribution in [3.05, 3.63) is 40.8 Å². The second-order valence-corrected chi connectivity index (χ2v) is 3.97. The van der Waals surface area contributed by atoms with Gasteiger partial charge in [-0.2, -0.15) is 0 Å². The second kappa shape index (κ2) is 4.72. The average molecular weight is 240 g/mol. The van der Waals surface area contributed by atoms with Gasteiger partial charge >= 0.3 is 0 Å². The number of nitrogens with zero attached hydrogens (tertiary/aromatic N) is 2. The van der Waals surface area contributed by atoms with E-state index in [9.17, 15) is 0 Å². The summed E-state index contributed by atoms with van der Waals surface area (Å²) in [5.74, 6) is 1.75. The van der Waals surface area contributed by atoms with Gasteiger partial charge in [0, 0.05) is 13.5 Å². The van der Waals surface area contributed by atoms with E-state index in [1.807, 2.05) is 23.7 Å². The first kappa shape index (κ1) is 11.2. The highest BCUT2D eigenvalue weighted by Crippen LogP contribution is 2.18. The van der Waals surface area contributed by atoms with Crippen LogP contribution in [0.3, 0.4) is 0 Å². The lowest BCUT2D eigenvalue weighted by atomic mass is 10.2. The second-order valence-electron chi connectivity index (χ2n) is 3.61. The minimum Gasteiger partial charge on any atom is -0.469 e. The number of aryl methyl sites for hydroxylation is 2. The fourth-order valence-electron chi connectivity index (χ4n) is 1.62. The summed E-state index contributed by atoms with van der Waals surface area (Å²) < 4.78 is 7.07. The quantitative estimate of drug-likeness (QED) is 0.887. The van der Waals surface area contributed by atoms with Crippen molar-refractivity contribution in [2.75, 3.05) is 0 Å². The van der Waals surface area contributed by atoms with Crippen LogP contribution in [0.25, 0.3) is 0 Å². The van der Waals surface area contributed by atoms with Gasteiger partial charge in [-0.15, -0.1) is 0 Å². The molecule has 4 nitrogen and oxygen atoms in total. The Kier molecular flexibility index (Phi) is 3.31. The summed E-state index contributed by atoms with van der Waals surface area (Å²) in [4.78, 5) is 4.39. The third-order valence-electron chi connectivity index (χ3n) is 2.55. The third-order valence-corrected chi connectivity index (χ3v) is 3.03. The predicted octanol–water partition coefficient (Wildman–Crippen LogP) is 1.91. The zero-order valence-electron chi connectivity index (χ0n) is 9.11. The lowest BCUT2D eigenvalue weighted by Gasteiger charge is -1.97. The molecule has 0 radical (unpaired) electrons. The van der Waals surface area contributed by atoms with Crippen molar-refractivity contribution in [1.82, 2.24) is 9.55 Å². The van der Waals surface area contributed by atoms with Crippen LogP contribution in [0.4, 0.5) is 0 Å². The third kappa shape index (κ3) is 2.13. The molecule has 2 heterocycles. The van der Waals surface area contributed by atoms with E-state index in [1.165, 1.54) is 0 Å². The van der Waals surface area contributed by atoms with E-state index in [1.54, 1.807) is 6.26 Å². The van der Waals surface area contributed by atoms with Crippen molar-refractivity contribution in [3.8, 4) is 0 Å². The van der Waals surface area contributed by atoms with E-state index in [-0.39, 0.29) is 0 Å². The minimum absolute atomic E-state index is 0.400. The monoisotopic (exact) mass is 239 g/mol. The van der Waals surface area contributed by atoms with Crippen LogP contribution in [0.2, 0.25) is 5.15 Å². The van der Waals surface area contributed by atoms with Crippen LogP contribution >= 0.6 is 11.6 Å². The average Bonchev–Trinajstić information content (AvgIpc) is 2.88. The van der Waals surface area contributed by atoms with E-state index in [0.29, 0.717) is 11.7 Å². The molecule has 2 N–H and O–H groups in total.